The van der Waals surface area contributed by atoms with Crippen LogP contribution in [0.25, 0.3) is 0 Å². The SMILES string of the molecule is CC(C)CCCCCS(=O)(=O)F. The Kier molecular flexibility index (Phi) is 5.46. The highest BCUT2D eigenvalue weighted by Gasteiger charge is 2.05. The molecule has 0 unspecified atom stereocenters. The molecular weight excluding hydrogens is 179 g/mol. The van der Waals surface area contributed by atoms with Crippen molar-refractivity contribution >= 4 is 10.2 Å². The summed E-state index contributed by atoms with van der Waals surface area (Å²) in [6.07, 6.45) is 3.34. The van der Waals surface area contributed by atoms with E-state index in [1.54, 1.807) is 0 Å². The minimum atomic E-state index is -4.22. The number of hydrogen-bond acceptors (Lipinski definition) is 2. The summed E-state index contributed by atoms with van der Waals surface area (Å²) in [5, 5.41) is 0. The molecule has 0 radical (unpaired) electrons. The summed E-state index contributed by atoms with van der Waals surface area (Å²) in [6, 6.07) is 0. The number of rotatable bonds is 6. The standard InChI is InChI=1S/C8H17FO2S/c1-8(2)6-4-3-5-7-12(9,10)11/h8H,3-7H2,1-2H3. The summed E-state index contributed by atoms with van der Waals surface area (Å²) >= 11 is 0. The molecule has 0 saturated heterocycles. The molecule has 74 valence electrons. The normalized spacial score (nSPS) is 12.3. The fraction of sp³-hybridized carbons (Fsp3) is 1.00. The van der Waals surface area contributed by atoms with Crippen LogP contribution in [-0.2, 0) is 10.2 Å². The molecule has 4 heteroatoms. The average molecular weight is 196 g/mol. The maximum Gasteiger partial charge on any atom is 0.302 e. The molecule has 0 amide bonds. The van der Waals surface area contributed by atoms with Crippen LogP contribution in [0.2, 0.25) is 0 Å². The zero-order chi connectivity index (χ0) is 9.61. The molecule has 0 spiro atoms. The van der Waals surface area contributed by atoms with Gasteiger partial charge in [-0.05, 0) is 12.3 Å². The van der Waals surface area contributed by atoms with Crippen molar-refractivity contribution in [1.82, 2.24) is 0 Å². The minimum Gasteiger partial charge on any atom is -0.195 e. The zero-order valence-corrected chi connectivity index (χ0v) is 8.53. The topological polar surface area (TPSA) is 34.1 Å². The van der Waals surface area contributed by atoms with Gasteiger partial charge in [-0.2, -0.15) is 8.42 Å². The molecule has 0 aromatic heterocycles. The Balaban J connectivity index is 3.23. The molecule has 0 aliphatic carbocycles. The van der Waals surface area contributed by atoms with Crippen LogP contribution in [-0.4, -0.2) is 14.2 Å². The first-order chi connectivity index (χ1) is 5.42. The molecule has 0 aromatic rings. The third-order valence-corrected chi connectivity index (χ3v) is 2.45. The van der Waals surface area contributed by atoms with E-state index in [2.05, 4.69) is 13.8 Å². The van der Waals surface area contributed by atoms with E-state index in [9.17, 15) is 12.3 Å². The molecule has 0 fully saturated rings. The number of unbranched alkanes of at least 4 members (excludes halogenated alkanes) is 2. The van der Waals surface area contributed by atoms with Crippen molar-refractivity contribution in [3.8, 4) is 0 Å². The third kappa shape index (κ3) is 9.88. The van der Waals surface area contributed by atoms with Crippen LogP contribution in [0.15, 0.2) is 0 Å². The van der Waals surface area contributed by atoms with Gasteiger partial charge in [0.1, 0.15) is 0 Å². The molecule has 0 rings (SSSR count). The van der Waals surface area contributed by atoms with E-state index in [1.807, 2.05) is 0 Å². The molecular formula is C8H17FO2S. The molecule has 0 aliphatic heterocycles. The second kappa shape index (κ2) is 5.51. The lowest BCUT2D eigenvalue weighted by Gasteiger charge is -2.02. The lowest BCUT2D eigenvalue weighted by atomic mass is 10.1. The molecule has 0 saturated carbocycles. The van der Waals surface area contributed by atoms with Gasteiger partial charge < -0.3 is 0 Å². The predicted octanol–water partition coefficient (Wildman–Crippen LogP) is 2.50. The summed E-state index contributed by atoms with van der Waals surface area (Å²) in [7, 11) is -4.22. The predicted molar refractivity (Wildman–Crippen MR) is 48.2 cm³/mol. The Hall–Kier alpha value is -0.120. The second-order valence-corrected chi connectivity index (χ2v) is 4.97. The van der Waals surface area contributed by atoms with Crippen LogP contribution in [0.3, 0.4) is 0 Å². The third-order valence-electron chi connectivity index (χ3n) is 1.67. The van der Waals surface area contributed by atoms with Crippen molar-refractivity contribution in [3.63, 3.8) is 0 Å². The van der Waals surface area contributed by atoms with E-state index in [4.69, 9.17) is 0 Å². The molecule has 0 aromatic carbocycles. The van der Waals surface area contributed by atoms with Crippen LogP contribution in [0.1, 0.15) is 39.5 Å². The Morgan fingerprint density at radius 1 is 1.17 bits per heavy atom. The monoisotopic (exact) mass is 196 g/mol. The Morgan fingerprint density at radius 3 is 2.17 bits per heavy atom. The van der Waals surface area contributed by atoms with Crippen LogP contribution < -0.4 is 0 Å². The van der Waals surface area contributed by atoms with Crippen LogP contribution in [0.5, 0.6) is 0 Å². The number of hydrogen-bond donors (Lipinski definition) is 0. The van der Waals surface area contributed by atoms with Gasteiger partial charge in [0.2, 0.25) is 0 Å². The molecule has 2 nitrogen and oxygen atoms in total. The molecule has 12 heavy (non-hydrogen) atoms. The van der Waals surface area contributed by atoms with Gasteiger partial charge in [-0.15, -0.1) is 3.89 Å². The van der Waals surface area contributed by atoms with E-state index >= 15 is 0 Å². The van der Waals surface area contributed by atoms with Crippen molar-refractivity contribution in [1.29, 1.82) is 0 Å². The van der Waals surface area contributed by atoms with Crippen LogP contribution >= 0.6 is 0 Å². The zero-order valence-electron chi connectivity index (χ0n) is 7.72. The van der Waals surface area contributed by atoms with Crippen molar-refractivity contribution in [2.24, 2.45) is 5.92 Å². The van der Waals surface area contributed by atoms with E-state index in [0.717, 1.165) is 19.3 Å². The van der Waals surface area contributed by atoms with Gasteiger partial charge in [-0.1, -0.05) is 33.1 Å². The van der Waals surface area contributed by atoms with Gasteiger partial charge in [-0.3, -0.25) is 0 Å². The smallest absolute Gasteiger partial charge is 0.195 e. The second-order valence-electron chi connectivity index (χ2n) is 3.49. The first kappa shape index (κ1) is 11.9. The summed E-state index contributed by atoms with van der Waals surface area (Å²) in [4.78, 5) is 0. The summed E-state index contributed by atoms with van der Waals surface area (Å²) < 4.78 is 32.1. The summed E-state index contributed by atoms with van der Waals surface area (Å²) in [5.41, 5.74) is 0. The highest BCUT2D eigenvalue weighted by molar-refractivity contribution is 7.86. The quantitative estimate of drug-likeness (QED) is 0.483. The van der Waals surface area contributed by atoms with Crippen molar-refractivity contribution < 1.29 is 12.3 Å². The maximum atomic E-state index is 11.9. The van der Waals surface area contributed by atoms with Gasteiger partial charge in [0.15, 0.2) is 0 Å². The highest BCUT2D eigenvalue weighted by atomic mass is 32.3. The molecule has 0 aliphatic rings. The van der Waals surface area contributed by atoms with Gasteiger partial charge in [0.25, 0.3) is 0 Å². The van der Waals surface area contributed by atoms with Gasteiger partial charge >= 0.3 is 10.2 Å². The van der Waals surface area contributed by atoms with Crippen LogP contribution in [0.4, 0.5) is 3.89 Å². The fourth-order valence-electron chi connectivity index (χ4n) is 1.00. The minimum absolute atomic E-state index is 0.314. The molecule has 0 atom stereocenters. The first-order valence-electron chi connectivity index (χ1n) is 4.34. The number of halogens is 1. The van der Waals surface area contributed by atoms with Crippen LogP contribution in [0, 0.1) is 5.92 Å². The summed E-state index contributed by atoms with van der Waals surface area (Å²) in [6.45, 7) is 4.23. The maximum absolute atomic E-state index is 11.9. The lowest BCUT2D eigenvalue weighted by Crippen LogP contribution is -1.98. The van der Waals surface area contributed by atoms with E-state index < -0.39 is 10.2 Å². The Bertz CT molecular complexity index is 197. The van der Waals surface area contributed by atoms with E-state index in [-0.39, 0.29) is 5.75 Å². The van der Waals surface area contributed by atoms with E-state index in [1.165, 1.54) is 0 Å². The molecule has 0 bridgehead atoms. The molecule has 0 heterocycles. The van der Waals surface area contributed by atoms with Crippen molar-refractivity contribution in [2.75, 3.05) is 5.75 Å². The lowest BCUT2D eigenvalue weighted by molar-refractivity contribution is 0.523. The first-order valence-corrected chi connectivity index (χ1v) is 5.89. The van der Waals surface area contributed by atoms with Crippen molar-refractivity contribution in [2.45, 2.75) is 39.5 Å². The largest absolute Gasteiger partial charge is 0.302 e. The Labute approximate surface area is 74.4 Å². The van der Waals surface area contributed by atoms with Gasteiger partial charge in [0, 0.05) is 0 Å². The van der Waals surface area contributed by atoms with Crippen molar-refractivity contribution in [3.05, 3.63) is 0 Å². The Morgan fingerprint density at radius 2 is 1.75 bits per heavy atom. The summed E-state index contributed by atoms with van der Waals surface area (Å²) in [5.74, 6) is 0.331. The van der Waals surface area contributed by atoms with Gasteiger partial charge in [0.05, 0.1) is 5.75 Å². The molecule has 0 N–H and O–H groups in total. The van der Waals surface area contributed by atoms with E-state index in [0.29, 0.717) is 12.3 Å². The van der Waals surface area contributed by atoms with Gasteiger partial charge in [-0.25, -0.2) is 0 Å². The highest BCUT2D eigenvalue weighted by Crippen LogP contribution is 2.09. The fourth-order valence-corrected chi connectivity index (χ4v) is 1.55. The average Bonchev–Trinajstić information content (AvgIpc) is 1.83.